The third kappa shape index (κ3) is 6.77. The Balaban J connectivity index is 0.000000921. The Labute approximate surface area is 90.6 Å². The van der Waals surface area contributed by atoms with E-state index in [1.54, 1.807) is 0 Å². The molecule has 1 aliphatic rings. The molecule has 0 aromatic heterocycles. The van der Waals surface area contributed by atoms with Gasteiger partial charge in [0.15, 0.2) is 0 Å². The Kier molecular flexibility index (Phi) is 5.63. The molecular weight excluding hydrogens is 203 g/mol. The topological polar surface area (TPSA) is 3.24 Å². The van der Waals surface area contributed by atoms with E-state index in [9.17, 15) is 13.2 Å². The molecule has 1 rings (SSSR count). The molecule has 0 bridgehead atoms. The first-order valence-corrected chi connectivity index (χ1v) is 5.58. The summed E-state index contributed by atoms with van der Waals surface area (Å²) in [7, 11) is 0. The van der Waals surface area contributed by atoms with Crippen molar-refractivity contribution in [2.24, 2.45) is 5.41 Å². The minimum Gasteiger partial charge on any atom is -0.302 e. The molecule has 0 unspecified atom stereocenters. The standard InChI is InChI=1S/C9H16F3N.C2H6/c1-8(2)3-5-13(7-8)6-4-9(10,11)12;1-2/h3-7H2,1-2H3;1-2H3. The summed E-state index contributed by atoms with van der Waals surface area (Å²) in [5.41, 5.74) is 0.200. The maximum Gasteiger partial charge on any atom is 0.390 e. The van der Waals surface area contributed by atoms with Gasteiger partial charge in [0.2, 0.25) is 0 Å². The van der Waals surface area contributed by atoms with Crippen LogP contribution in [0.4, 0.5) is 13.2 Å². The van der Waals surface area contributed by atoms with Gasteiger partial charge in [-0.15, -0.1) is 0 Å². The van der Waals surface area contributed by atoms with E-state index in [1.807, 2.05) is 18.7 Å². The number of rotatable bonds is 2. The Bertz CT molecular complexity index is 175. The number of likely N-dealkylation sites (tertiary alicyclic amines) is 1. The van der Waals surface area contributed by atoms with Gasteiger partial charge in [-0.05, 0) is 18.4 Å². The second-order valence-electron chi connectivity index (χ2n) is 4.56. The van der Waals surface area contributed by atoms with Gasteiger partial charge in [-0.3, -0.25) is 0 Å². The van der Waals surface area contributed by atoms with E-state index >= 15 is 0 Å². The van der Waals surface area contributed by atoms with Gasteiger partial charge in [0, 0.05) is 13.1 Å². The van der Waals surface area contributed by atoms with Crippen molar-refractivity contribution >= 4 is 0 Å². The van der Waals surface area contributed by atoms with Gasteiger partial charge in [-0.1, -0.05) is 27.7 Å². The molecule has 0 aliphatic carbocycles. The highest BCUT2D eigenvalue weighted by Crippen LogP contribution is 2.30. The van der Waals surface area contributed by atoms with Crippen molar-refractivity contribution in [1.29, 1.82) is 0 Å². The summed E-state index contributed by atoms with van der Waals surface area (Å²) in [4.78, 5) is 1.90. The summed E-state index contributed by atoms with van der Waals surface area (Å²) >= 11 is 0. The molecule has 0 amide bonds. The predicted molar refractivity (Wildman–Crippen MR) is 56.9 cm³/mol. The van der Waals surface area contributed by atoms with Crippen LogP contribution in [0.1, 0.15) is 40.5 Å². The molecule has 92 valence electrons. The van der Waals surface area contributed by atoms with Crippen LogP contribution in [-0.4, -0.2) is 30.7 Å². The van der Waals surface area contributed by atoms with E-state index < -0.39 is 12.6 Å². The minimum absolute atomic E-state index is 0.160. The summed E-state index contributed by atoms with van der Waals surface area (Å²) in [6.07, 6.45) is -3.68. The number of halogens is 3. The lowest BCUT2D eigenvalue weighted by Gasteiger charge is -2.20. The summed E-state index contributed by atoms with van der Waals surface area (Å²) in [6.45, 7) is 9.96. The normalized spacial score (nSPS) is 21.0. The van der Waals surface area contributed by atoms with Crippen LogP contribution in [0.25, 0.3) is 0 Å². The molecule has 4 heteroatoms. The molecule has 1 aliphatic heterocycles. The van der Waals surface area contributed by atoms with Crippen LogP contribution in [0.15, 0.2) is 0 Å². The average molecular weight is 225 g/mol. The summed E-state index contributed by atoms with van der Waals surface area (Å²) < 4.78 is 35.6. The lowest BCUT2D eigenvalue weighted by atomic mass is 9.93. The number of hydrogen-bond donors (Lipinski definition) is 0. The summed E-state index contributed by atoms with van der Waals surface area (Å²) in [5.74, 6) is 0. The molecule has 1 nitrogen and oxygen atoms in total. The van der Waals surface area contributed by atoms with Crippen molar-refractivity contribution in [1.82, 2.24) is 4.90 Å². The van der Waals surface area contributed by atoms with Crippen LogP contribution in [0.5, 0.6) is 0 Å². The van der Waals surface area contributed by atoms with E-state index in [2.05, 4.69) is 13.8 Å². The lowest BCUT2D eigenvalue weighted by Crippen LogP contribution is -2.27. The Morgan fingerprint density at radius 1 is 1.20 bits per heavy atom. The molecule has 1 saturated heterocycles. The molecular formula is C11H22F3N. The van der Waals surface area contributed by atoms with Crippen molar-refractivity contribution in [3.05, 3.63) is 0 Å². The number of alkyl halides is 3. The maximum atomic E-state index is 11.9. The van der Waals surface area contributed by atoms with E-state index in [1.165, 1.54) is 0 Å². The van der Waals surface area contributed by atoms with Crippen LogP contribution < -0.4 is 0 Å². The molecule has 15 heavy (non-hydrogen) atoms. The molecule has 1 heterocycles. The second-order valence-corrected chi connectivity index (χ2v) is 4.56. The quantitative estimate of drug-likeness (QED) is 0.692. The second kappa shape index (κ2) is 5.73. The van der Waals surface area contributed by atoms with Crippen molar-refractivity contribution < 1.29 is 13.2 Å². The van der Waals surface area contributed by atoms with E-state index in [-0.39, 0.29) is 12.0 Å². The summed E-state index contributed by atoms with van der Waals surface area (Å²) in [6, 6.07) is 0. The zero-order valence-corrected chi connectivity index (χ0v) is 10.1. The van der Waals surface area contributed by atoms with Crippen LogP contribution in [0.3, 0.4) is 0 Å². The Hall–Kier alpha value is -0.250. The number of nitrogens with zero attached hydrogens (tertiary/aromatic N) is 1. The Morgan fingerprint density at radius 3 is 2.07 bits per heavy atom. The van der Waals surface area contributed by atoms with E-state index in [0.29, 0.717) is 0 Å². The third-order valence-electron chi connectivity index (χ3n) is 2.47. The molecule has 0 aromatic carbocycles. The highest BCUT2D eigenvalue weighted by molar-refractivity contribution is 4.82. The van der Waals surface area contributed by atoms with E-state index in [0.717, 1.165) is 19.5 Å². The third-order valence-corrected chi connectivity index (χ3v) is 2.47. The fraction of sp³-hybridized carbons (Fsp3) is 1.00. The first-order chi connectivity index (χ1) is 6.79. The van der Waals surface area contributed by atoms with Crippen molar-refractivity contribution in [2.75, 3.05) is 19.6 Å². The zero-order valence-electron chi connectivity index (χ0n) is 10.1. The maximum absolute atomic E-state index is 11.9. The molecule has 0 aromatic rings. The Morgan fingerprint density at radius 2 is 1.73 bits per heavy atom. The fourth-order valence-electron chi connectivity index (χ4n) is 1.70. The first-order valence-electron chi connectivity index (χ1n) is 5.58. The largest absolute Gasteiger partial charge is 0.390 e. The number of hydrogen-bond acceptors (Lipinski definition) is 1. The van der Waals surface area contributed by atoms with Crippen LogP contribution >= 0.6 is 0 Å². The van der Waals surface area contributed by atoms with Crippen molar-refractivity contribution in [2.45, 2.75) is 46.7 Å². The highest BCUT2D eigenvalue weighted by atomic mass is 19.4. The smallest absolute Gasteiger partial charge is 0.302 e. The molecule has 0 saturated carbocycles. The van der Waals surface area contributed by atoms with Crippen molar-refractivity contribution in [3.63, 3.8) is 0 Å². The van der Waals surface area contributed by atoms with Crippen LogP contribution in [0.2, 0.25) is 0 Å². The highest BCUT2D eigenvalue weighted by Gasteiger charge is 2.32. The zero-order chi connectivity index (χ0) is 12.1. The SMILES string of the molecule is CC.CC1(C)CCN(CCC(F)(F)F)C1. The molecule has 1 fully saturated rings. The lowest BCUT2D eigenvalue weighted by molar-refractivity contribution is -0.137. The monoisotopic (exact) mass is 225 g/mol. The van der Waals surface area contributed by atoms with Gasteiger partial charge in [-0.25, -0.2) is 0 Å². The van der Waals surface area contributed by atoms with Gasteiger partial charge in [-0.2, -0.15) is 13.2 Å². The van der Waals surface area contributed by atoms with Gasteiger partial charge < -0.3 is 4.90 Å². The molecule has 0 N–H and O–H groups in total. The molecule has 0 atom stereocenters. The van der Waals surface area contributed by atoms with Crippen LogP contribution in [-0.2, 0) is 0 Å². The van der Waals surface area contributed by atoms with Gasteiger partial charge >= 0.3 is 6.18 Å². The molecule has 0 spiro atoms. The summed E-state index contributed by atoms with van der Waals surface area (Å²) in [5, 5.41) is 0. The minimum atomic E-state index is -4.01. The van der Waals surface area contributed by atoms with Crippen molar-refractivity contribution in [3.8, 4) is 0 Å². The predicted octanol–water partition coefficient (Wildman–Crippen LogP) is 3.70. The van der Waals surface area contributed by atoms with Gasteiger partial charge in [0.05, 0.1) is 6.42 Å². The van der Waals surface area contributed by atoms with Gasteiger partial charge in [0.1, 0.15) is 0 Å². The fourth-order valence-corrected chi connectivity index (χ4v) is 1.70. The van der Waals surface area contributed by atoms with E-state index in [4.69, 9.17) is 0 Å². The van der Waals surface area contributed by atoms with Crippen LogP contribution in [0, 0.1) is 5.41 Å². The first kappa shape index (κ1) is 14.8. The average Bonchev–Trinajstić information content (AvgIpc) is 2.45. The molecule has 0 radical (unpaired) electrons. The van der Waals surface area contributed by atoms with Gasteiger partial charge in [0.25, 0.3) is 0 Å².